The van der Waals surface area contributed by atoms with Crippen LogP contribution in [0.2, 0.25) is 0 Å². The van der Waals surface area contributed by atoms with Crippen molar-refractivity contribution in [1.82, 2.24) is 4.98 Å². The van der Waals surface area contributed by atoms with Gasteiger partial charge in [-0.1, -0.05) is 6.92 Å². The van der Waals surface area contributed by atoms with Crippen LogP contribution in [0.15, 0.2) is 17.2 Å². The van der Waals surface area contributed by atoms with Crippen LogP contribution in [0.5, 0.6) is 0 Å². The van der Waals surface area contributed by atoms with Gasteiger partial charge in [0.15, 0.2) is 0 Å². The SMILES string of the molecule is CCCSc1nc(C(=O)O)ccc1N. The highest BCUT2D eigenvalue weighted by molar-refractivity contribution is 7.99. The Labute approximate surface area is 86.5 Å². The third-order valence-electron chi connectivity index (χ3n) is 1.55. The minimum atomic E-state index is -1.02. The fourth-order valence-corrected chi connectivity index (χ4v) is 1.68. The maximum Gasteiger partial charge on any atom is 0.354 e. The Kier molecular flexibility index (Phi) is 3.76. The van der Waals surface area contributed by atoms with Gasteiger partial charge < -0.3 is 10.8 Å². The van der Waals surface area contributed by atoms with Crippen LogP contribution in [0.25, 0.3) is 0 Å². The first-order chi connectivity index (χ1) is 6.65. The number of pyridine rings is 1. The Bertz CT molecular complexity index is 342. The van der Waals surface area contributed by atoms with E-state index in [0.29, 0.717) is 10.7 Å². The normalized spacial score (nSPS) is 10.1. The van der Waals surface area contributed by atoms with E-state index in [9.17, 15) is 4.79 Å². The van der Waals surface area contributed by atoms with E-state index in [0.717, 1.165) is 12.2 Å². The van der Waals surface area contributed by atoms with Gasteiger partial charge in [0.1, 0.15) is 10.7 Å². The summed E-state index contributed by atoms with van der Waals surface area (Å²) in [6.07, 6.45) is 1.00. The van der Waals surface area contributed by atoms with Crippen molar-refractivity contribution in [1.29, 1.82) is 0 Å². The number of nitrogens with zero attached hydrogens (tertiary/aromatic N) is 1. The molecule has 1 aromatic heterocycles. The van der Waals surface area contributed by atoms with E-state index >= 15 is 0 Å². The molecular weight excluding hydrogens is 200 g/mol. The highest BCUT2D eigenvalue weighted by Crippen LogP contribution is 2.23. The van der Waals surface area contributed by atoms with Crippen molar-refractivity contribution in [3.05, 3.63) is 17.8 Å². The van der Waals surface area contributed by atoms with Crippen molar-refractivity contribution in [2.45, 2.75) is 18.4 Å². The zero-order valence-corrected chi connectivity index (χ0v) is 8.67. The lowest BCUT2D eigenvalue weighted by Gasteiger charge is -2.03. The molecule has 4 nitrogen and oxygen atoms in total. The zero-order valence-electron chi connectivity index (χ0n) is 7.86. The number of nitrogen functional groups attached to an aromatic ring is 1. The van der Waals surface area contributed by atoms with Gasteiger partial charge in [-0.25, -0.2) is 9.78 Å². The number of carbonyl (C=O) groups is 1. The predicted octanol–water partition coefficient (Wildman–Crippen LogP) is 1.86. The second-order valence-corrected chi connectivity index (χ2v) is 3.83. The Morgan fingerprint density at radius 2 is 2.36 bits per heavy atom. The lowest BCUT2D eigenvalue weighted by atomic mass is 10.3. The highest BCUT2D eigenvalue weighted by atomic mass is 32.2. The van der Waals surface area contributed by atoms with Gasteiger partial charge in [0.25, 0.3) is 0 Å². The third-order valence-corrected chi connectivity index (χ3v) is 2.76. The van der Waals surface area contributed by atoms with Gasteiger partial charge in [0.05, 0.1) is 5.69 Å². The standard InChI is InChI=1S/C9H12N2O2S/c1-2-5-14-8-6(10)3-4-7(11-8)9(12)13/h3-4H,2,5,10H2,1H3,(H,12,13). The molecule has 3 N–H and O–H groups in total. The topological polar surface area (TPSA) is 76.2 Å². The summed E-state index contributed by atoms with van der Waals surface area (Å²) in [6.45, 7) is 2.05. The van der Waals surface area contributed by atoms with Crippen LogP contribution in [0.4, 0.5) is 5.69 Å². The zero-order chi connectivity index (χ0) is 10.6. The number of hydrogen-bond donors (Lipinski definition) is 2. The Morgan fingerprint density at radius 1 is 1.64 bits per heavy atom. The fraction of sp³-hybridized carbons (Fsp3) is 0.333. The smallest absolute Gasteiger partial charge is 0.354 e. The van der Waals surface area contributed by atoms with Crippen molar-refractivity contribution >= 4 is 23.4 Å². The van der Waals surface area contributed by atoms with E-state index in [-0.39, 0.29) is 5.69 Å². The third kappa shape index (κ3) is 2.63. The molecule has 0 atom stereocenters. The molecule has 0 unspecified atom stereocenters. The van der Waals surface area contributed by atoms with E-state index in [1.54, 1.807) is 6.07 Å². The maximum atomic E-state index is 10.6. The van der Waals surface area contributed by atoms with Gasteiger partial charge >= 0.3 is 5.97 Å². The van der Waals surface area contributed by atoms with Crippen molar-refractivity contribution in [3.63, 3.8) is 0 Å². The highest BCUT2D eigenvalue weighted by Gasteiger charge is 2.08. The lowest BCUT2D eigenvalue weighted by molar-refractivity contribution is 0.0690. The number of aromatic carboxylic acids is 1. The summed E-state index contributed by atoms with van der Waals surface area (Å²) in [5.41, 5.74) is 6.23. The van der Waals surface area contributed by atoms with Gasteiger partial charge in [-0.15, -0.1) is 11.8 Å². The molecule has 0 fully saturated rings. The summed E-state index contributed by atoms with van der Waals surface area (Å²) in [6, 6.07) is 2.99. The second-order valence-electron chi connectivity index (χ2n) is 2.74. The number of aromatic nitrogens is 1. The largest absolute Gasteiger partial charge is 0.477 e. The minimum absolute atomic E-state index is 0.0396. The lowest BCUT2D eigenvalue weighted by Crippen LogP contribution is -2.03. The minimum Gasteiger partial charge on any atom is -0.477 e. The number of thioether (sulfide) groups is 1. The molecule has 0 amide bonds. The molecule has 0 aromatic carbocycles. The summed E-state index contributed by atoms with van der Waals surface area (Å²) in [5.74, 6) is -0.136. The predicted molar refractivity (Wildman–Crippen MR) is 56.6 cm³/mol. The van der Waals surface area contributed by atoms with Crippen molar-refractivity contribution in [3.8, 4) is 0 Å². The van der Waals surface area contributed by atoms with Crippen molar-refractivity contribution in [2.75, 3.05) is 11.5 Å². The first-order valence-corrected chi connectivity index (χ1v) is 5.26. The molecule has 0 saturated heterocycles. The number of nitrogens with two attached hydrogens (primary N) is 1. The quantitative estimate of drug-likeness (QED) is 0.745. The van der Waals surface area contributed by atoms with Crippen LogP contribution >= 0.6 is 11.8 Å². The van der Waals surface area contributed by atoms with Gasteiger partial charge in [-0.05, 0) is 24.3 Å². The van der Waals surface area contributed by atoms with Crippen LogP contribution in [0, 0.1) is 0 Å². The molecule has 0 spiro atoms. The average Bonchev–Trinajstić information content (AvgIpc) is 2.16. The molecule has 5 heteroatoms. The van der Waals surface area contributed by atoms with Gasteiger partial charge in [-0.3, -0.25) is 0 Å². The molecule has 0 radical (unpaired) electrons. The average molecular weight is 212 g/mol. The van der Waals surface area contributed by atoms with Gasteiger partial charge in [-0.2, -0.15) is 0 Å². The summed E-state index contributed by atoms with van der Waals surface area (Å²) < 4.78 is 0. The van der Waals surface area contributed by atoms with Gasteiger partial charge in [0.2, 0.25) is 0 Å². The summed E-state index contributed by atoms with van der Waals surface area (Å²) in [5, 5.41) is 9.32. The van der Waals surface area contributed by atoms with E-state index in [1.807, 2.05) is 6.92 Å². The van der Waals surface area contributed by atoms with E-state index in [2.05, 4.69) is 4.98 Å². The molecule has 1 rings (SSSR count). The molecule has 0 bridgehead atoms. The van der Waals surface area contributed by atoms with Gasteiger partial charge in [0, 0.05) is 0 Å². The molecule has 76 valence electrons. The van der Waals surface area contributed by atoms with E-state index in [1.165, 1.54) is 17.8 Å². The molecule has 1 aromatic rings. The first kappa shape index (κ1) is 10.8. The number of carboxylic acids is 1. The molecule has 0 aliphatic carbocycles. The van der Waals surface area contributed by atoms with Crippen molar-refractivity contribution in [2.24, 2.45) is 0 Å². The molecule has 14 heavy (non-hydrogen) atoms. The van der Waals surface area contributed by atoms with E-state index < -0.39 is 5.97 Å². The number of rotatable bonds is 4. The van der Waals surface area contributed by atoms with Crippen LogP contribution in [0.1, 0.15) is 23.8 Å². The number of anilines is 1. The summed E-state index contributed by atoms with van der Waals surface area (Å²) in [7, 11) is 0. The van der Waals surface area contributed by atoms with Crippen LogP contribution in [-0.4, -0.2) is 21.8 Å². The number of hydrogen-bond acceptors (Lipinski definition) is 4. The molecule has 0 aliphatic heterocycles. The maximum absolute atomic E-state index is 10.6. The van der Waals surface area contributed by atoms with Crippen LogP contribution in [-0.2, 0) is 0 Å². The molecule has 0 aliphatic rings. The second kappa shape index (κ2) is 4.85. The molecular formula is C9H12N2O2S. The Hall–Kier alpha value is -1.23. The molecule has 1 heterocycles. The monoisotopic (exact) mass is 212 g/mol. The first-order valence-electron chi connectivity index (χ1n) is 4.27. The van der Waals surface area contributed by atoms with E-state index in [4.69, 9.17) is 10.8 Å². The fourth-order valence-electron chi connectivity index (χ4n) is 0.885. The van der Waals surface area contributed by atoms with Crippen molar-refractivity contribution < 1.29 is 9.90 Å². The summed E-state index contributed by atoms with van der Waals surface area (Å²) >= 11 is 1.48. The van der Waals surface area contributed by atoms with Crippen LogP contribution in [0.3, 0.4) is 0 Å². The summed E-state index contributed by atoms with van der Waals surface area (Å²) in [4.78, 5) is 14.6. The Morgan fingerprint density at radius 3 is 2.93 bits per heavy atom. The molecule has 0 saturated carbocycles. The Balaban J connectivity index is 2.90. The number of carboxylic acid groups (broad SMARTS) is 1. The van der Waals surface area contributed by atoms with Crippen LogP contribution < -0.4 is 5.73 Å².